The number of aromatic nitrogens is 1. The lowest BCUT2D eigenvalue weighted by Gasteiger charge is -2.32. The number of amides is 1. The highest BCUT2D eigenvalue weighted by atomic mass is 16.6. The van der Waals surface area contributed by atoms with Gasteiger partial charge in [-0.1, -0.05) is 36.2 Å². The third kappa shape index (κ3) is 4.60. The highest BCUT2D eigenvalue weighted by molar-refractivity contribution is 5.79. The Hall–Kier alpha value is -3.48. The molecule has 0 atom stereocenters. The molecule has 1 fully saturated rings. The van der Waals surface area contributed by atoms with E-state index >= 15 is 0 Å². The first-order chi connectivity index (χ1) is 16.5. The molecule has 1 amide bonds. The highest BCUT2D eigenvalue weighted by Crippen LogP contribution is 2.42. The van der Waals surface area contributed by atoms with Gasteiger partial charge in [0.1, 0.15) is 31.3 Å². The lowest BCUT2D eigenvalue weighted by molar-refractivity contribution is -0.122. The predicted octanol–water partition coefficient (Wildman–Crippen LogP) is 4.77. The lowest BCUT2D eigenvalue weighted by Crippen LogP contribution is -2.44. The fraction of sp³-hybridized carbons (Fsp3) is 0.407. The molecule has 1 N–H and O–H groups in total. The summed E-state index contributed by atoms with van der Waals surface area (Å²) in [6.07, 6.45) is 4.34. The maximum absolute atomic E-state index is 13.1. The Bertz CT molecular complexity index is 1140. The molecule has 0 spiro atoms. The van der Waals surface area contributed by atoms with E-state index in [1.807, 2.05) is 50.2 Å². The molecule has 2 aromatic carbocycles. The number of nitrogens with zero attached hydrogens (tertiary/aromatic N) is 1. The average Bonchev–Trinajstić information content (AvgIpc) is 3.45. The molecule has 1 aliphatic carbocycles. The standard InChI is InChI=1S/C27H30N2O5/c1-18-23(19(2)34-29-18)17-33-22-8-5-20(6-9-22)15-26(30)28-27(11-3-4-12-27)21-7-10-24-25(16-21)32-14-13-31-24/h5-10,16H,3-4,11-15,17H2,1-2H3,(H,28,30). The van der Waals surface area contributed by atoms with Gasteiger partial charge in [0.25, 0.3) is 0 Å². The summed E-state index contributed by atoms with van der Waals surface area (Å²) in [5.74, 6) is 3.06. The van der Waals surface area contributed by atoms with E-state index in [1.165, 1.54) is 0 Å². The monoisotopic (exact) mass is 462 g/mol. The Morgan fingerprint density at radius 2 is 1.76 bits per heavy atom. The zero-order valence-electron chi connectivity index (χ0n) is 19.7. The third-order valence-corrected chi connectivity index (χ3v) is 6.78. The molecular formula is C27H30N2O5. The number of nitrogens with one attached hydrogen (secondary N) is 1. The van der Waals surface area contributed by atoms with Crippen LogP contribution in [-0.4, -0.2) is 24.3 Å². The summed E-state index contributed by atoms with van der Waals surface area (Å²) in [6, 6.07) is 13.7. The van der Waals surface area contributed by atoms with Crippen LogP contribution in [0.2, 0.25) is 0 Å². The van der Waals surface area contributed by atoms with Crippen molar-refractivity contribution >= 4 is 5.91 Å². The van der Waals surface area contributed by atoms with Crippen molar-refractivity contribution in [2.24, 2.45) is 0 Å². The fourth-order valence-electron chi connectivity index (χ4n) is 4.87. The Kier molecular flexibility index (Phi) is 6.18. The molecule has 0 bridgehead atoms. The van der Waals surface area contributed by atoms with Crippen molar-refractivity contribution < 1.29 is 23.5 Å². The molecule has 34 heavy (non-hydrogen) atoms. The van der Waals surface area contributed by atoms with Crippen LogP contribution in [0.15, 0.2) is 47.0 Å². The van der Waals surface area contributed by atoms with Gasteiger partial charge in [-0.2, -0.15) is 0 Å². The van der Waals surface area contributed by atoms with Gasteiger partial charge < -0.3 is 24.1 Å². The molecule has 178 valence electrons. The van der Waals surface area contributed by atoms with Crippen molar-refractivity contribution in [1.29, 1.82) is 0 Å². The number of hydrogen-bond acceptors (Lipinski definition) is 6. The van der Waals surface area contributed by atoms with Crippen LogP contribution in [0.25, 0.3) is 0 Å². The Labute approximate surface area is 199 Å². The van der Waals surface area contributed by atoms with E-state index in [9.17, 15) is 4.79 Å². The number of carbonyl (C=O) groups excluding carboxylic acids is 1. The smallest absolute Gasteiger partial charge is 0.225 e. The van der Waals surface area contributed by atoms with Crippen LogP contribution in [0.3, 0.4) is 0 Å². The molecule has 0 saturated heterocycles. The van der Waals surface area contributed by atoms with Gasteiger partial charge in [0, 0.05) is 0 Å². The summed E-state index contributed by atoms with van der Waals surface area (Å²) in [4.78, 5) is 13.1. The molecule has 2 heterocycles. The maximum atomic E-state index is 13.1. The zero-order valence-corrected chi connectivity index (χ0v) is 19.7. The number of benzene rings is 2. The molecular weight excluding hydrogens is 432 g/mol. The molecule has 0 radical (unpaired) electrons. The second-order valence-electron chi connectivity index (χ2n) is 9.11. The molecule has 7 nitrogen and oxygen atoms in total. The minimum atomic E-state index is -0.357. The average molecular weight is 463 g/mol. The molecule has 7 heteroatoms. The number of aryl methyl sites for hydroxylation is 2. The first-order valence-corrected chi connectivity index (χ1v) is 11.9. The van der Waals surface area contributed by atoms with Gasteiger partial charge >= 0.3 is 0 Å². The van der Waals surface area contributed by atoms with Gasteiger partial charge in [-0.05, 0) is 62.1 Å². The topological polar surface area (TPSA) is 82.8 Å². The van der Waals surface area contributed by atoms with Crippen LogP contribution in [0.5, 0.6) is 17.2 Å². The Balaban J connectivity index is 1.23. The molecule has 5 rings (SSSR count). The summed E-state index contributed by atoms with van der Waals surface area (Å²) in [7, 11) is 0. The molecule has 1 aliphatic heterocycles. The van der Waals surface area contributed by atoms with Crippen LogP contribution < -0.4 is 19.5 Å². The largest absolute Gasteiger partial charge is 0.489 e. The first-order valence-electron chi connectivity index (χ1n) is 11.9. The molecule has 1 saturated carbocycles. The van der Waals surface area contributed by atoms with Crippen molar-refractivity contribution in [2.75, 3.05) is 13.2 Å². The van der Waals surface area contributed by atoms with Crippen LogP contribution in [-0.2, 0) is 23.4 Å². The second kappa shape index (κ2) is 9.41. The van der Waals surface area contributed by atoms with Crippen molar-refractivity contribution in [3.05, 3.63) is 70.6 Å². The first kappa shape index (κ1) is 22.3. The fourth-order valence-corrected chi connectivity index (χ4v) is 4.87. The Morgan fingerprint density at radius 3 is 2.47 bits per heavy atom. The van der Waals surface area contributed by atoms with Crippen molar-refractivity contribution in [3.63, 3.8) is 0 Å². The van der Waals surface area contributed by atoms with Gasteiger partial charge in [0.05, 0.1) is 23.2 Å². The molecule has 2 aliphatic rings. The van der Waals surface area contributed by atoms with E-state index in [0.29, 0.717) is 26.2 Å². The Morgan fingerprint density at radius 1 is 1.03 bits per heavy atom. The maximum Gasteiger partial charge on any atom is 0.225 e. The minimum absolute atomic E-state index is 0.0150. The summed E-state index contributed by atoms with van der Waals surface area (Å²) in [5.41, 5.74) is 3.47. The molecule has 3 aromatic rings. The van der Waals surface area contributed by atoms with Crippen molar-refractivity contribution in [3.8, 4) is 17.2 Å². The summed E-state index contributed by atoms with van der Waals surface area (Å²) in [6.45, 7) is 5.30. The SMILES string of the molecule is Cc1noc(C)c1COc1ccc(CC(=O)NC2(c3ccc4c(c3)OCCO4)CCCC2)cc1. The molecule has 1 aromatic heterocycles. The minimum Gasteiger partial charge on any atom is -0.489 e. The van der Waals surface area contributed by atoms with Crippen LogP contribution in [0, 0.1) is 13.8 Å². The van der Waals surface area contributed by atoms with Crippen LogP contribution in [0.4, 0.5) is 0 Å². The van der Waals surface area contributed by atoms with Gasteiger partial charge in [0.2, 0.25) is 5.91 Å². The zero-order chi connectivity index (χ0) is 23.5. The van der Waals surface area contributed by atoms with Gasteiger partial charge in [-0.3, -0.25) is 4.79 Å². The predicted molar refractivity (Wildman–Crippen MR) is 126 cm³/mol. The van der Waals surface area contributed by atoms with E-state index in [1.54, 1.807) is 0 Å². The number of hydrogen-bond donors (Lipinski definition) is 1. The van der Waals surface area contributed by atoms with E-state index in [4.69, 9.17) is 18.7 Å². The third-order valence-electron chi connectivity index (χ3n) is 6.78. The van der Waals surface area contributed by atoms with Crippen LogP contribution >= 0.6 is 0 Å². The van der Waals surface area contributed by atoms with Crippen molar-refractivity contribution in [2.45, 2.75) is 58.1 Å². The number of rotatable bonds is 7. The quantitative estimate of drug-likeness (QED) is 0.545. The highest BCUT2D eigenvalue weighted by Gasteiger charge is 2.37. The van der Waals surface area contributed by atoms with E-state index in [-0.39, 0.29) is 11.4 Å². The van der Waals surface area contributed by atoms with Crippen LogP contribution in [0.1, 0.15) is 53.8 Å². The summed E-state index contributed by atoms with van der Waals surface area (Å²) < 4.78 is 22.5. The lowest BCUT2D eigenvalue weighted by atomic mass is 9.87. The number of carbonyl (C=O) groups is 1. The van der Waals surface area contributed by atoms with Gasteiger partial charge in [-0.15, -0.1) is 0 Å². The summed E-state index contributed by atoms with van der Waals surface area (Å²) >= 11 is 0. The number of fused-ring (bicyclic) bond motifs is 1. The summed E-state index contributed by atoms with van der Waals surface area (Å²) in [5, 5.41) is 7.30. The van der Waals surface area contributed by atoms with E-state index in [2.05, 4.69) is 16.5 Å². The van der Waals surface area contributed by atoms with Gasteiger partial charge in [-0.25, -0.2) is 0 Å². The number of ether oxygens (including phenoxy) is 3. The van der Waals surface area contributed by atoms with Crippen molar-refractivity contribution in [1.82, 2.24) is 10.5 Å². The van der Waals surface area contributed by atoms with Gasteiger partial charge in [0.15, 0.2) is 11.5 Å². The van der Waals surface area contributed by atoms with E-state index < -0.39 is 0 Å². The molecule has 0 unspecified atom stereocenters. The normalized spacial score (nSPS) is 16.3. The van der Waals surface area contributed by atoms with E-state index in [0.717, 1.165) is 71.1 Å². The second-order valence-corrected chi connectivity index (χ2v) is 9.11.